The van der Waals surface area contributed by atoms with Crippen LogP contribution in [0.2, 0.25) is 0 Å². The van der Waals surface area contributed by atoms with Gasteiger partial charge in [-0.25, -0.2) is 10.2 Å². The van der Waals surface area contributed by atoms with Crippen LogP contribution in [0.5, 0.6) is 0 Å². The smallest absolute Gasteiger partial charge is 0.332 e. The molecule has 0 aliphatic heterocycles. The first-order valence-electron chi connectivity index (χ1n) is 5.90. The number of urea groups is 1. The highest BCUT2D eigenvalue weighted by Crippen LogP contribution is 2.55. The molecule has 1 aliphatic rings. The van der Waals surface area contributed by atoms with Crippen LogP contribution in [0, 0.1) is 10.8 Å². The van der Waals surface area contributed by atoms with Gasteiger partial charge in [-0.3, -0.25) is 0 Å². The number of primary amides is 1. The van der Waals surface area contributed by atoms with E-state index in [0.29, 0.717) is 0 Å². The Morgan fingerprint density at radius 3 is 2.24 bits per heavy atom. The number of carbonyl (C=O) groups is 1. The van der Waals surface area contributed by atoms with Gasteiger partial charge >= 0.3 is 6.03 Å². The number of rotatable bonds is 2. The van der Waals surface area contributed by atoms with E-state index in [4.69, 9.17) is 5.73 Å². The van der Waals surface area contributed by atoms with Crippen molar-refractivity contribution in [3.8, 4) is 0 Å². The molecular weight excluding hydrogens is 214 g/mol. The topological polar surface area (TPSA) is 67.5 Å². The van der Waals surface area contributed by atoms with Crippen LogP contribution in [0.3, 0.4) is 0 Å². The highest BCUT2D eigenvalue weighted by atomic mass is 16.2. The maximum atomic E-state index is 10.7. The average molecular weight is 237 g/mol. The number of nitrogens with one attached hydrogen (secondary N) is 1. The molecule has 3 N–H and O–H groups in total. The van der Waals surface area contributed by atoms with E-state index in [1.807, 2.05) is 6.92 Å². The summed E-state index contributed by atoms with van der Waals surface area (Å²) in [5.74, 6) is 0. The van der Waals surface area contributed by atoms with Crippen molar-refractivity contribution in [1.29, 1.82) is 0 Å². The summed E-state index contributed by atoms with van der Waals surface area (Å²) < 4.78 is 0. The predicted molar refractivity (Wildman–Crippen MR) is 70.7 cm³/mol. The molecule has 1 rings (SSSR count). The zero-order chi connectivity index (χ0) is 13.4. The summed E-state index contributed by atoms with van der Waals surface area (Å²) >= 11 is 0. The van der Waals surface area contributed by atoms with Gasteiger partial charge in [0.2, 0.25) is 0 Å². The lowest BCUT2D eigenvalue weighted by Gasteiger charge is -2.37. The van der Waals surface area contributed by atoms with Gasteiger partial charge in [0.25, 0.3) is 0 Å². The largest absolute Gasteiger partial charge is 0.350 e. The number of nitrogens with two attached hydrogens (primary N) is 1. The van der Waals surface area contributed by atoms with E-state index in [0.717, 1.165) is 12.1 Å². The molecular formula is C13H23N3O. The van der Waals surface area contributed by atoms with Crippen molar-refractivity contribution in [3.05, 3.63) is 11.1 Å². The number of carbonyl (C=O) groups excluding carboxylic acids is 1. The summed E-state index contributed by atoms with van der Waals surface area (Å²) in [6, 6.07) is -0.627. The second-order valence-electron chi connectivity index (χ2n) is 6.01. The van der Waals surface area contributed by atoms with Crippen molar-refractivity contribution < 1.29 is 4.79 Å². The number of amides is 2. The Balaban J connectivity index is 3.09. The molecule has 0 aromatic carbocycles. The van der Waals surface area contributed by atoms with E-state index in [9.17, 15) is 4.79 Å². The fourth-order valence-corrected chi connectivity index (χ4v) is 2.80. The molecule has 0 atom stereocenters. The molecule has 0 saturated heterocycles. The molecule has 17 heavy (non-hydrogen) atoms. The molecule has 4 nitrogen and oxygen atoms in total. The Kier molecular flexibility index (Phi) is 3.37. The number of nitrogens with zero attached hydrogens (tertiary/aromatic N) is 1. The Bertz CT molecular complexity index is 403. The van der Waals surface area contributed by atoms with Crippen molar-refractivity contribution >= 4 is 11.7 Å². The Morgan fingerprint density at radius 1 is 1.35 bits per heavy atom. The van der Waals surface area contributed by atoms with E-state index >= 15 is 0 Å². The fraction of sp³-hybridized carbons (Fsp3) is 0.692. The lowest BCUT2D eigenvalue weighted by Crippen LogP contribution is -2.32. The monoisotopic (exact) mass is 237 g/mol. The van der Waals surface area contributed by atoms with E-state index < -0.39 is 6.03 Å². The van der Waals surface area contributed by atoms with Gasteiger partial charge < -0.3 is 5.73 Å². The summed E-state index contributed by atoms with van der Waals surface area (Å²) in [6.45, 7) is 13.0. The first-order chi connectivity index (χ1) is 7.59. The molecule has 4 heteroatoms. The van der Waals surface area contributed by atoms with Crippen molar-refractivity contribution in [2.75, 3.05) is 0 Å². The summed E-state index contributed by atoms with van der Waals surface area (Å²) in [5.41, 5.74) is 11.0. The minimum atomic E-state index is -0.627. The predicted octanol–water partition coefficient (Wildman–Crippen LogP) is 2.80. The fourth-order valence-electron chi connectivity index (χ4n) is 2.80. The van der Waals surface area contributed by atoms with Gasteiger partial charge in [-0.1, -0.05) is 33.3 Å². The van der Waals surface area contributed by atoms with Gasteiger partial charge in [-0.15, -0.1) is 0 Å². The van der Waals surface area contributed by atoms with Gasteiger partial charge in [0.05, 0.1) is 5.71 Å². The Hall–Kier alpha value is -1.32. The highest BCUT2D eigenvalue weighted by Gasteiger charge is 2.46. The van der Waals surface area contributed by atoms with Crippen LogP contribution >= 0.6 is 0 Å². The average Bonchev–Trinajstić information content (AvgIpc) is 2.28. The van der Waals surface area contributed by atoms with Crippen LogP contribution in [-0.2, 0) is 0 Å². The molecule has 2 amide bonds. The molecule has 0 radical (unpaired) electrons. The lowest BCUT2D eigenvalue weighted by molar-refractivity contribution is 0.183. The van der Waals surface area contributed by atoms with Crippen LogP contribution in [0.1, 0.15) is 48.0 Å². The summed E-state index contributed by atoms with van der Waals surface area (Å²) in [5, 5.41) is 4.05. The maximum absolute atomic E-state index is 10.7. The Labute approximate surface area is 103 Å². The summed E-state index contributed by atoms with van der Waals surface area (Å²) in [4.78, 5) is 10.7. The normalized spacial score (nSPS) is 22.8. The molecule has 0 bridgehead atoms. The molecule has 0 unspecified atom stereocenters. The Morgan fingerprint density at radius 2 is 1.88 bits per heavy atom. The molecule has 0 spiro atoms. The number of hydrazone groups is 1. The van der Waals surface area contributed by atoms with Gasteiger partial charge in [-0.2, -0.15) is 5.10 Å². The first-order valence-corrected chi connectivity index (χ1v) is 5.90. The minimum Gasteiger partial charge on any atom is -0.350 e. The number of hydrogen-bond donors (Lipinski definition) is 2. The van der Waals surface area contributed by atoms with Crippen LogP contribution in [0.4, 0.5) is 4.79 Å². The summed E-state index contributed by atoms with van der Waals surface area (Å²) in [6.07, 6.45) is 1.05. The minimum absolute atomic E-state index is 0.0456. The zero-order valence-corrected chi connectivity index (χ0v) is 11.6. The first kappa shape index (κ1) is 13.7. The number of hydrogen-bond acceptors (Lipinski definition) is 2. The van der Waals surface area contributed by atoms with Gasteiger partial charge in [0.15, 0.2) is 0 Å². The standard InChI is InChI=1S/C13H23N3O/c1-8-7-12(3,4)13(5,6)10(8)9(2)15-16-11(14)17/h7H2,1-6H3,(H3,14,16,17)/b15-9+. The highest BCUT2D eigenvalue weighted by molar-refractivity contribution is 6.01. The lowest BCUT2D eigenvalue weighted by atomic mass is 9.67. The third-order valence-electron chi connectivity index (χ3n) is 4.15. The van der Waals surface area contributed by atoms with E-state index in [-0.39, 0.29) is 10.8 Å². The van der Waals surface area contributed by atoms with Gasteiger partial charge in [0, 0.05) is 0 Å². The SMILES string of the molecule is CC1=C(/C(C)=N/NC(N)=O)C(C)(C)C(C)(C)C1. The molecule has 0 heterocycles. The van der Waals surface area contributed by atoms with Gasteiger partial charge in [0.1, 0.15) is 0 Å². The van der Waals surface area contributed by atoms with Crippen LogP contribution in [0.15, 0.2) is 16.2 Å². The maximum Gasteiger partial charge on any atom is 0.332 e. The van der Waals surface area contributed by atoms with Crippen LogP contribution < -0.4 is 11.2 Å². The second-order valence-corrected chi connectivity index (χ2v) is 6.01. The second kappa shape index (κ2) is 4.17. The van der Waals surface area contributed by atoms with Crippen molar-refractivity contribution in [2.24, 2.45) is 21.7 Å². The van der Waals surface area contributed by atoms with Crippen molar-refractivity contribution in [2.45, 2.75) is 48.0 Å². The van der Waals surface area contributed by atoms with Gasteiger partial charge in [-0.05, 0) is 36.7 Å². The van der Waals surface area contributed by atoms with E-state index in [1.165, 1.54) is 11.1 Å². The molecule has 0 aromatic heterocycles. The molecule has 0 aromatic rings. The molecule has 0 fully saturated rings. The molecule has 0 saturated carbocycles. The third-order valence-corrected chi connectivity index (χ3v) is 4.15. The molecule has 1 aliphatic carbocycles. The van der Waals surface area contributed by atoms with Crippen molar-refractivity contribution in [1.82, 2.24) is 5.43 Å². The van der Waals surface area contributed by atoms with E-state index in [2.05, 4.69) is 45.1 Å². The van der Waals surface area contributed by atoms with Crippen LogP contribution in [0.25, 0.3) is 0 Å². The third kappa shape index (κ3) is 2.35. The van der Waals surface area contributed by atoms with E-state index in [1.54, 1.807) is 0 Å². The van der Waals surface area contributed by atoms with Crippen molar-refractivity contribution in [3.63, 3.8) is 0 Å². The number of allylic oxidation sites excluding steroid dienone is 2. The zero-order valence-electron chi connectivity index (χ0n) is 11.6. The molecule has 96 valence electrons. The van der Waals surface area contributed by atoms with Crippen LogP contribution in [-0.4, -0.2) is 11.7 Å². The quantitative estimate of drug-likeness (QED) is 0.563. The summed E-state index contributed by atoms with van der Waals surface area (Å²) in [7, 11) is 0.